The topological polar surface area (TPSA) is 42.0 Å². The van der Waals surface area contributed by atoms with Crippen LogP contribution in [0.5, 0.6) is 0 Å². The summed E-state index contributed by atoms with van der Waals surface area (Å²) in [7, 11) is 0. The van der Waals surface area contributed by atoms with Crippen molar-refractivity contribution in [2.24, 2.45) is 0 Å². The number of carbonyl (C=O) groups is 1. The van der Waals surface area contributed by atoms with Crippen molar-refractivity contribution in [3.05, 3.63) is 69.9 Å². The summed E-state index contributed by atoms with van der Waals surface area (Å²) in [5.41, 5.74) is 1.22. The molecule has 0 saturated carbocycles. The summed E-state index contributed by atoms with van der Waals surface area (Å²) in [5, 5.41) is 4.80. The largest absolute Gasteiger partial charge is 0.322 e. The predicted octanol–water partition coefficient (Wildman–Crippen LogP) is 4.90. The molecule has 21 heavy (non-hydrogen) atoms. The Morgan fingerprint density at radius 2 is 1.71 bits per heavy atom. The van der Waals surface area contributed by atoms with Crippen LogP contribution in [-0.2, 0) is 0 Å². The van der Waals surface area contributed by atoms with Gasteiger partial charge in [-0.15, -0.1) is 0 Å². The smallest absolute Gasteiger partial charge is 0.257 e. The zero-order valence-electron chi connectivity index (χ0n) is 10.8. The van der Waals surface area contributed by atoms with Crippen LogP contribution < -0.4 is 5.32 Å². The number of benzene rings is 2. The van der Waals surface area contributed by atoms with E-state index in [0.29, 0.717) is 10.7 Å². The maximum Gasteiger partial charge on any atom is 0.257 e. The fourth-order valence-corrected chi connectivity index (χ4v) is 2.55. The van der Waals surface area contributed by atoms with Crippen molar-refractivity contribution in [3.63, 3.8) is 0 Å². The lowest BCUT2D eigenvalue weighted by Gasteiger charge is -2.08. The molecule has 3 rings (SSSR count). The highest BCUT2D eigenvalue weighted by Gasteiger charge is 2.12. The highest BCUT2D eigenvalue weighted by Crippen LogP contribution is 2.25. The van der Waals surface area contributed by atoms with Gasteiger partial charge in [-0.25, -0.2) is 4.98 Å². The molecular weight excluding hydrogens is 352 g/mol. The highest BCUT2D eigenvalue weighted by molar-refractivity contribution is 9.10. The van der Waals surface area contributed by atoms with Gasteiger partial charge in [-0.1, -0.05) is 51.8 Å². The van der Waals surface area contributed by atoms with E-state index in [1.165, 1.54) is 6.20 Å². The van der Waals surface area contributed by atoms with E-state index in [0.717, 1.165) is 20.9 Å². The molecular formula is C16H10BrClN2O. The monoisotopic (exact) mass is 360 g/mol. The first-order valence-electron chi connectivity index (χ1n) is 6.25. The van der Waals surface area contributed by atoms with Gasteiger partial charge >= 0.3 is 0 Å². The lowest BCUT2D eigenvalue weighted by atomic mass is 10.1. The van der Waals surface area contributed by atoms with Crippen molar-refractivity contribution in [3.8, 4) is 0 Å². The number of fused-ring (bicyclic) bond motifs is 1. The van der Waals surface area contributed by atoms with Crippen LogP contribution in [-0.4, -0.2) is 10.9 Å². The number of rotatable bonds is 2. The van der Waals surface area contributed by atoms with Crippen molar-refractivity contribution < 1.29 is 4.79 Å². The molecule has 0 aliphatic rings. The number of amides is 1. The third kappa shape index (κ3) is 2.91. The zero-order valence-corrected chi connectivity index (χ0v) is 13.1. The predicted molar refractivity (Wildman–Crippen MR) is 88.8 cm³/mol. The number of nitrogens with zero attached hydrogens (tertiary/aromatic N) is 1. The van der Waals surface area contributed by atoms with Crippen LogP contribution >= 0.6 is 27.5 Å². The Hall–Kier alpha value is -1.91. The van der Waals surface area contributed by atoms with Crippen molar-refractivity contribution in [2.75, 3.05) is 5.32 Å². The Kier molecular flexibility index (Phi) is 3.90. The van der Waals surface area contributed by atoms with Crippen LogP contribution in [0.15, 0.2) is 59.2 Å². The first kappa shape index (κ1) is 14.0. The van der Waals surface area contributed by atoms with Crippen molar-refractivity contribution >= 4 is 49.9 Å². The molecule has 104 valence electrons. The number of hydrogen-bond donors (Lipinski definition) is 1. The van der Waals surface area contributed by atoms with E-state index in [1.54, 1.807) is 0 Å². The van der Waals surface area contributed by atoms with E-state index < -0.39 is 0 Å². The SMILES string of the molecule is O=C(Nc1ccc(Br)cc1)c1cnc(Cl)c2ccccc12. The molecule has 0 aliphatic carbocycles. The summed E-state index contributed by atoms with van der Waals surface area (Å²) in [6.07, 6.45) is 1.50. The third-order valence-electron chi connectivity index (χ3n) is 3.09. The number of nitrogens with one attached hydrogen (secondary N) is 1. The van der Waals surface area contributed by atoms with E-state index in [2.05, 4.69) is 26.2 Å². The third-order valence-corrected chi connectivity index (χ3v) is 3.92. The second-order valence-corrected chi connectivity index (χ2v) is 5.74. The second kappa shape index (κ2) is 5.84. The summed E-state index contributed by atoms with van der Waals surface area (Å²) in [4.78, 5) is 16.5. The second-order valence-electron chi connectivity index (χ2n) is 4.47. The molecule has 1 amide bonds. The minimum absolute atomic E-state index is 0.210. The summed E-state index contributed by atoms with van der Waals surface area (Å²) in [5.74, 6) is -0.210. The standard InChI is InChI=1S/C16H10BrClN2O/c17-10-5-7-11(8-6-10)20-16(21)14-9-19-15(18)13-4-2-1-3-12(13)14/h1-9H,(H,20,21). The molecule has 3 nitrogen and oxygen atoms in total. The van der Waals surface area contributed by atoms with Crippen molar-refractivity contribution in [1.82, 2.24) is 4.98 Å². The highest BCUT2D eigenvalue weighted by atomic mass is 79.9. The number of halogens is 2. The molecule has 1 N–H and O–H groups in total. The summed E-state index contributed by atoms with van der Waals surface area (Å²) in [6.45, 7) is 0. The van der Waals surface area contributed by atoms with Gasteiger partial charge in [0, 0.05) is 21.7 Å². The number of pyridine rings is 1. The summed E-state index contributed by atoms with van der Waals surface area (Å²) in [6, 6.07) is 14.8. The van der Waals surface area contributed by atoms with E-state index in [1.807, 2.05) is 48.5 Å². The molecule has 0 spiro atoms. The molecule has 0 atom stereocenters. The first-order valence-corrected chi connectivity index (χ1v) is 7.42. The van der Waals surface area contributed by atoms with E-state index in [9.17, 15) is 4.79 Å². The average Bonchev–Trinajstić information content (AvgIpc) is 2.50. The number of hydrogen-bond acceptors (Lipinski definition) is 2. The molecule has 0 radical (unpaired) electrons. The van der Waals surface area contributed by atoms with Gasteiger partial charge in [-0.2, -0.15) is 0 Å². The van der Waals surface area contributed by atoms with E-state index in [-0.39, 0.29) is 5.91 Å². The van der Waals surface area contributed by atoms with Gasteiger partial charge in [0.25, 0.3) is 5.91 Å². The lowest BCUT2D eigenvalue weighted by molar-refractivity contribution is 0.102. The Bertz CT molecular complexity index is 818. The van der Waals surface area contributed by atoms with Crippen molar-refractivity contribution in [2.45, 2.75) is 0 Å². The van der Waals surface area contributed by atoms with E-state index in [4.69, 9.17) is 11.6 Å². The van der Waals surface area contributed by atoms with E-state index >= 15 is 0 Å². The van der Waals surface area contributed by atoms with Crippen LogP contribution in [0.1, 0.15) is 10.4 Å². The van der Waals surface area contributed by atoms with Crippen LogP contribution in [0.4, 0.5) is 5.69 Å². The molecule has 0 aliphatic heterocycles. The van der Waals surface area contributed by atoms with Crippen LogP contribution in [0.2, 0.25) is 5.15 Å². The number of anilines is 1. The molecule has 5 heteroatoms. The van der Waals surface area contributed by atoms with Gasteiger partial charge in [0.2, 0.25) is 0 Å². The van der Waals surface area contributed by atoms with Crippen molar-refractivity contribution in [1.29, 1.82) is 0 Å². The number of aromatic nitrogens is 1. The normalized spacial score (nSPS) is 10.6. The molecule has 1 aromatic heterocycles. The average molecular weight is 362 g/mol. The van der Waals surface area contributed by atoms with Gasteiger partial charge in [0.1, 0.15) is 5.15 Å². The van der Waals surface area contributed by atoms with Gasteiger partial charge in [0.05, 0.1) is 5.56 Å². The fourth-order valence-electron chi connectivity index (χ4n) is 2.07. The quantitative estimate of drug-likeness (QED) is 0.659. The van der Waals surface area contributed by atoms with Crippen LogP contribution in [0.25, 0.3) is 10.8 Å². The Balaban J connectivity index is 1.98. The first-order chi connectivity index (χ1) is 10.1. The zero-order chi connectivity index (χ0) is 14.8. The summed E-state index contributed by atoms with van der Waals surface area (Å²) < 4.78 is 0.958. The molecule has 0 unspecified atom stereocenters. The van der Waals surface area contributed by atoms with Gasteiger partial charge < -0.3 is 5.32 Å². The molecule has 0 fully saturated rings. The Morgan fingerprint density at radius 1 is 1.05 bits per heavy atom. The molecule has 2 aromatic carbocycles. The summed E-state index contributed by atoms with van der Waals surface area (Å²) >= 11 is 9.42. The fraction of sp³-hybridized carbons (Fsp3) is 0. The molecule has 1 heterocycles. The Morgan fingerprint density at radius 3 is 2.43 bits per heavy atom. The minimum atomic E-state index is -0.210. The maximum atomic E-state index is 12.4. The van der Waals surface area contributed by atoms with Gasteiger partial charge in [-0.05, 0) is 29.7 Å². The molecule has 3 aromatic rings. The van der Waals surface area contributed by atoms with Crippen LogP contribution in [0.3, 0.4) is 0 Å². The molecule has 0 bridgehead atoms. The van der Waals surface area contributed by atoms with Crippen LogP contribution in [0, 0.1) is 0 Å². The maximum absolute atomic E-state index is 12.4. The van der Waals surface area contributed by atoms with Gasteiger partial charge in [0.15, 0.2) is 0 Å². The Labute approximate surface area is 135 Å². The minimum Gasteiger partial charge on any atom is -0.322 e. The number of carbonyl (C=O) groups excluding carboxylic acids is 1. The van der Waals surface area contributed by atoms with Gasteiger partial charge in [-0.3, -0.25) is 4.79 Å². The lowest BCUT2D eigenvalue weighted by Crippen LogP contribution is -2.12. The molecule has 0 saturated heterocycles.